The molecule has 0 unspecified atom stereocenters. The number of rotatable bonds is 3. The van der Waals surface area contributed by atoms with Crippen molar-refractivity contribution in [1.82, 2.24) is 9.80 Å². The summed E-state index contributed by atoms with van der Waals surface area (Å²) in [6.45, 7) is 0.834. The van der Waals surface area contributed by atoms with Gasteiger partial charge in [-0.3, -0.25) is 9.11 Å². The maximum absolute atomic E-state index is 9.67. The van der Waals surface area contributed by atoms with Crippen LogP contribution >= 0.6 is 0 Å². The van der Waals surface area contributed by atoms with Gasteiger partial charge < -0.3 is 9.80 Å². The summed E-state index contributed by atoms with van der Waals surface area (Å²) < 4.78 is 60.6. The highest BCUT2D eigenvalue weighted by Gasteiger charge is 2.05. The first kappa shape index (κ1) is 20.3. The Morgan fingerprint density at radius 1 is 1.26 bits per heavy atom. The molecule has 0 aromatic carbocycles. The van der Waals surface area contributed by atoms with Crippen LogP contribution in [-0.2, 0) is 10.4 Å². The summed E-state index contributed by atoms with van der Waals surface area (Å²) in [6, 6.07) is 0. The Hall–Kier alpha value is -1.00. The number of halogens is 3. The van der Waals surface area contributed by atoms with Gasteiger partial charge in [0.15, 0.2) is 0 Å². The molecule has 1 aliphatic rings. The molecule has 1 heterocycles. The zero-order valence-corrected chi connectivity index (χ0v) is 11.5. The fraction of sp³-hybridized carbons (Fsp3) is 0.778. The molecule has 2 N–H and O–H groups in total. The Morgan fingerprint density at radius 3 is 1.95 bits per heavy atom. The highest BCUT2D eigenvalue weighted by Crippen LogP contribution is 2.04. The van der Waals surface area contributed by atoms with Gasteiger partial charge in [-0.25, -0.2) is 0 Å². The van der Waals surface area contributed by atoms with Crippen molar-refractivity contribution in [2.75, 3.05) is 20.3 Å². The molecule has 0 atom stereocenters. The Balaban J connectivity index is 0. The summed E-state index contributed by atoms with van der Waals surface area (Å²) in [5, 5.41) is 0. The molecule has 6 nitrogen and oxygen atoms in total. The Bertz CT molecular complexity index is 328. The third-order valence-corrected chi connectivity index (χ3v) is 1.74. The summed E-state index contributed by atoms with van der Waals surface area (Å²) in [6.07, 6.45) is 6.87. The van der Waals surface area contributed by atoms with E-state index in [9.17, 15) is 13.2 Å². The lowest BCUT2D eigenvalue weighted by Crippen LogP contribution is -2.23. The lowest BCUT2D eigenvalue weighted by atomic mass is 10.3. The number of alkyl halides is 3. The first-order valence-electron chi connectivity index (χ1n) is 5.31. The fourth-order valence-electron chi connectivity index (χ4n) is 1.10. The van der Waals surface area contributed by atoms with Crippen LogP contribution in [0.25, 0.3) is 0 Å². The van der Waals surface area contributed by atoms with E-state index in [1.165, 1.54) is 19.4 Å². The predicted octanol–water partition coefficient (Wildman–Crippen LogP) is 1.99. The molecule has 0 aromatic heterocycles. The number of unbranched alkanes of at least 4 members (excludes halogenated alkanes) is 1. The van der Waals surface area contributed by atoms with Crippen LogP contribution in [0.3, 0.4) is 0 Å². The molecule has 0 radical (unpaired) electrons. The van der Waals surface area contributed by atoms with Crippen LogP contribution in [0.1, 0.15) is 19.8 Å². The van der Waals surface area contributed by atoms with Crippen molar-refractivity contribution in [3.05, 3.63) is 12.4 Å². The van der Waals surface area contributed by atoms with Crippen LogP contribution in [0.15, 0.2) is 12.4 Å². The molecule has 0 fully saturated rings. The second kappa shape index (κ2) is 10.9. The molecule has 0 amide bonds. The lowest BCUT2D eigenvalue weighted by molar-refractivity contribution is 0.00819. The minimum Gasteiger partial charge on any atom is -0.362 e. The van der Waals surface area contributed by atoms with E-state index < -0.39 is 17.1 Å². The van der Waals surface area contributed by atoms with Crippen LogP contribution < -0.4 is 0 Å². The summed E-state index contributed by atoms with van der Waals surface area (Å²) in [5.74, 6) is 0. The third kappa shape index (κ3) is 26.6. The van der Waals surface area contributed by atoms with Crippen molar-refractivity contribution >= 4 is 10.4 Å². The normalized spacial score (nSPS) is 13.9. The molecule has 0 bridgehead atoms. The van der Waals surface area contributed by atoms with Gasteiger partial charge in [-0.2, -0.15) is 21.6 Å². The Morgan fingerprint density at radius 2 is 1.68 bits per heavy atom. The molecule has 0 saturated carbocycles. The Kier molecular flexibility index (Phi) is 11.6. The van der Waals surface area contributed by atoms with E-state index in [0.29, 0.717) is 0 Å². The van der Waals surface area contributed by atoms with Crippen LogP contribution in [-0.4, -0.2) is 54.3 Å². The van der Waals surface area contributed by atoms with Gasteiger partial charge in [-0.05, 0) is 6.42 Å². The van der Waals surface area contributed by atoms with Crippen molar-refractivity contribution < 1.29 is 30.7 Å². The molecule has 0 aliphatic carbocycles. The second-order valence-corrected chi connectivity index (χ2v) is 4.45. The van der Waals surface area contributed by atoms with Crippen molar-refractivity contribution in [3.8, 4) is 0 Å². The summed E-state index contributed by atoms with van der Waals surface area (Å²) >= 11 is 0. The van der Waals surface area contributed by atoms with Gasteiger partial charge in [0.2, 0.25) is 0 Å². The van der Waals surface area contributed by atoms with E-state index in [4.69, 9.17) is 17.5 Å². The predicted molar refractivity (Wildman–Crippen MR) is 64.7 cm³/mol. The molecular weight excluding hydrogens is 289 g/mol. The van der Waals surface area contributed by atoms with Gasteiger partial charge in [0.1, 0.15) is 0 Å². The first-order valence-corrected chi connectivity index (χ1v) is 6.70. The van der Waals surface area contributed by atoms with Crippen LogP contribution in [0.2, 0.25) is 0 Å². The lowest BCUT2D eigenvalue weighted by Gasteiger charge is -2.17. The molecular formula is C9H19F3N2O4S. The minimum absolute atomic E-state index is 1.07. The maximum Gasteiger partial charge on any atom is 0.394 e. The van der Waals surface area contributed by atoms with E-state index in [2.05, 4.69) is 36.2 Å². The standard InChI is InChI=1S/C8H16N2.CHF3.H2O4S/c1-3-4-5-10-7-6-9(2)8-10;2-1(3)4;1-5(2,3)4/h6-7H,3-5,8H2,1-2H3;1H;(H2,1,2,3,4). The van der Waals surface area contributed by atoms with Gasteiger partial charge in [0, 0.05) is 26.0 Å². The van der Waals surface area contributed by atoms with Crippen molar-refractivity contribution in [2.24, 2.45) is 0 Å². The SMILES string of the molecule is CCCCN1C=CN(C)C1.FC(F)F.O=S(=O)(O)O. The summed E-state index contributed by atoms with van der Waals surface area (Å²) in [7, 11) is -2.57. The van der Waals surface area contributed by atoms with Crippen molar-refractivity contribution in [2.45, 2.75) is 26.4 Å². The van der Waals surface area contributed by atoms with Crippen LogP contribution in [0.4, 0.5) is 13.2 Å². The zero-order chi connectivity index (χ0) is 15.5. The largest absolute Gasteiger partial charge is 0.394 e. The van der Waals surface area contributed by atoms with E-state index in [-0.39, 0.29) is 0 Å². The minimum atomic E-state index is -4.67. The smallest absolute Gasteiger partial charge is 0.362 e. The summed E-state index contributed by atoms with van der Waals surface area (Å²) in [5.41, 5.74) is 0. The Labute approximate surface area is 111 Å². The van der Waals surface area contributed by atoms with Gasteiger partial charge >= 0.3 is 17.1 Å². The van der Waals surface area contributed by atoms with Crippen LogP contribution in [0, 0.1) is 0 Å². The second-order valence-electron chi connectivity index (χ2n) is 3.56. The maximum atomic E-state index is 9.67. The average molecular weight is 308 g/mol. The highest BCUT2D eigenvalue weighted by atomic mass is 32.3. The number of hydrogen-bond acceptors (Lipinski definition) is 4. The van der Waals surface area contributed by atoms with E-state index in [1.54, 1.807) is 0 Å². The van der Waals surface area contributed by atoms with Gasteiger partial charge in [-0.15, -0.1) is 0 Å². The number of nitrogens with zero attached hydrogens (tertiary/aromatic N) is 2. The third-order valence-electron chi connectivity index (χ3n) is 1.74. The topological polar surface area (TPSA) is 81.1 Å². The van der Waals surface area contributed by atoms with Crippen molar-refractivity contribution in [1.29, 1.82) is 0 Å². The van der Waals surface area contributed by atoms with Crippen LogP contribution in [0.5, 0.6) is 0 Å². The molecule has 0 saturated heterocycles. The van der Waals surface area contributed by atoms with Gasteiger partial charge in [0.25, 0.3) is 0 Å². The monoisotopic (exact) mass is 308 g/mol. The summed E-state index contributed by atoms with van der Waals surface area (Å²) in [4.78, 5) is 4.53. The molecule has 1 rings (SSSR count). The van der Waals surface area contributed by atoms with E-state index in [1.807, 2.05) is 0 Å². The molecule has 1 aliphatic heterocycles. The molecule has 10 heteroatoms. The average Bonchev–Trinajstić information content (AvgIpc) is 2.57. The van der Waals surface area contributed by atoms with Gasteiger partial charge in [-0.1, -0.05) is 13.3 Å². The molecule has 19 heavy (non-hydrogen) atoms. The number of hydrogen-bond donors (Lipinski definition) is 2. The quantitative estimate of drug-likeness (QED) is 0.776. The molecule has 0 spiro atoms. The van der Waals surface area contributed by atoms with E-state index >= 15 is 0 Å². The molecule has 116 valence electrons. The highest BCUT2D eigenvalue weighted by molar-refractivity contribution is 7.79. The van der Waals surface area contributed by atoms with Crippen molar-refractivity contribution in [3.63, 3.8) is 0 Å². The zero-order valence-electron chi connectivity index (χ0n) is 10.7. The fourth-order valence-corrected chi connectivity index (χ4v) is 1.10. The first-order chi connectivity index (χ1) is 8.56. The molecule has 0 aromatic rings. The van der Waals surface area contributed by atoms with E-state index in [0.717, 1.165) is 6.67 Å². The van der Waals surface area contributed by atoms with Gasteiger partial charge in [0.05, 0.1) is 6.67 Å².